The van der Waals surface area contributed by atoms with E-state index in [1.807, 2.05) is 30.3 Å². The average molecular weight is 911 g/mol. The summed E-state index contributed by atoms with van der Waals surface area (Å²) in [5.41, 5.74) is 12.6. The first kappa shape index (κ1) is 42.0. The molecule has 2 heterocycles. The summed E-state index contributed by atoms with van der Waals surface area (Å²) in [4.78, 5) is 9.57. The van der Waals surface area contributed by atoms with E-state index < -0.39 is 8.07 Å². The van der Waals surface area contributed by atoms with Crippen molar-refractivity contribution in [3.63, 3.8) is 0 Å². The second-order valence-corrected chi connectivity index (χ2v) is 24.3. The average Bonchev–Trinajstić information content (AvgIpc) is 3.75. The van der Waals surface area contributed by atoms with Gasteiger partial charge in [-0.25, -0.2) is 0 Å². The summed E-state index contributed by atoms with van der Waals surface area (Å²) in [7, 11) is -1.37. The van der Waals surface area contributed by atoms with Gasteiger partial charge < -0.3 is 9.97 Å². The van der Waals surface area contributed by atoms with Gasteiger partial charge in [-0.2, -0.15) is 0 Å². The fourth-order valence-corrected chi connectivity index (χ4v) is 10.1. The van der Waals surface area contributed by atoms with Crippen molar-refractivity contribution in [1.29, 1.82) is 0 Å². The molecule has 2 aliphatic carbocycles. The first-order valence-electron chi connectivity index (χ1n) is 20.1. The minimum atomic E-state index is -1.37. The van der Waals surface area contributed by atoms with Gasteiger partial charge in [-0.3, -0.25) is 0 Å². The Bertz CT molecular complexity index is 1970. The fourth-order valence-electron chi connectivity index (χ4n) is 8.48. The van der Waals surface area contributed by atoms with Crippen LogP contribution in [0.1, 0.15) is 109 Å². The molecule has 54 heavy (non-hydrogen) atoms. The van der Waals surface area contributed by atoms with Crippen LogP contribution in [-0.4, -0.2) is 18.0 Å². The number of fused-ring (bicyclic) bond motifs is 2. The molecule has 2 aromatic heterocycles. The SMILES string of the molecule is CC(C)c1cnc(-c2[c-]cccc2)cc1-c1cc(C(C)(C)C)cc(C(C)(C)C)c1.C[Si](C)(C)c1cnc(-c2[c-]cccc2)cc1CC1CC2CCC1C2.[Ir]. The van der Waals surface area contributed by atoms with Gasteiger partial charge in [0.2, 0.25) is 0 Å². The molecular formula is C50H62IrN2Si-2. The van der Waals surface area contributed by atoms with Crippen molar-refractivity contribution in [2.75, 3.05) is 0 Å². The summed E-state index contributed by atoms with van der Waals surface area (Å²) in [5, 5.41) is 1.56. The number of rotatable bonds is 7. The maximum Gasteiger partial charge on any atom is 0.0798 e. The molecule has 5 aromatic rings. The predicted molar refractivity (Wildman–Crippen MR) is 230 cm³/mol. The molecule has 287 valence electrons. The molecule has 2 bridgehead atoms. The predicted octanol–water partition coefficient (Wildman–Crippen LogP) is 13.0. The Balaban J connectivity index is 0.000000207. The molecule has 7 rings (SSSR count). The summed E-state index contributed by atoms with van der Waals surface area (Å²) in [5.74, 6) is 3.33. The number of hydrogen-bond donors (Lipinski definition) is 0. The van der Waals surface area contributed by atoms with E-state index in [2.05, 4.69) is 148 Å². The van der Waals surface area contributed by atoms with Gasteiger partial charge in [-0.05, 0) is 105 Å². The minimum Gasteiger partial charge on any atom is -0.305 e. The normalized spacial score (nSPS) is 18.3. The van der Waals surface area contributed by atoms with Gasteiger partial charge >= 0.3 is 0 Å². The first-order valence-corrected chi connectivity index (χ1v) is 23.6. The van der Waals surface area contributed by atoms with Gasteiger partial charge in [0.05, 0.1) is 8.07 Å². The Kier molecular flexibility index (Phi) is 13.1. The summed E-state index contributed by atoms with van der Waals surface area (Å²) in [6, 6.07) is 34.7. The van der Waals surface area contributed by atoms with E-state index in [1.54, 1.807) is 10.8 Å². The summed E-state index contributed by atoms with van der Waals surface area (Å²) in [6.07, 6.45) is 11.4. The van der Waals surface area contributed by atoms with Crippen LogP contribution in [-0.2, 0) is 37.4 Å². The van der Waals surface area contributed by atoms with E-state index in [9.17, 15) is 0 Å². The molecule has 3 atom stereocenters. The third kappa shape index (κ3) is 9.97. The van der Waals surface area contributed by atoms with E-state index in [-0.39, 0.29) is 30.9 Å². The molecule has 3 aromatic carbocycles. The molecule has 0 N–H and O–H groups in total. The summed E-state index contributed by atoms with van der Waals surface area (Å²) >= 11 is 0. The Labute approximate surface area is 342 Å². The van der Waals surface area contributed by atoms with Crippen molar-refractivity contribution < 1.29 is 20.1 Å². The number of aromatic nitrogens is 2. The van der Waals surface area contributed by atoms with Crippen LogP contribution in [0.4, 0.5) is 0 Å². The van der Waals surface area contributed by atoms with Crippen LogP contribution in [0, 0.1) is 29.9 Å². The van der Waals surface area contributed by atoms with E-state index in [0.29, 0.717) is 5.92 Å². The molecule has 2 nitrogen and oxygen atoms in total. The van der Waals surface area contributed by atoms with Crippen LogP contribution >= 0.6 is 0 Å². The third-order valence-electron chi connectivity index (χ3n) is 11.7. The minimum absolute atomic E-state index is 0. The van der Waals surface area contributed by atoms with Crippen molar-refractivity contribution in [2.45, 2.75) is 124 Å². The monoisotopic (exact) mass is 911 g/mol. The Morgan fingerprint density at radius 1 is 0.722 bits per heavy atom. The van der Waals surface area contributed by atoms with Crippen molar-refractivity contribution in [3.05, 3.63) is 126 Å². The number of benzene rings is 3. The first-order chi connectivity index (χ1) is 25.0. The van der Waals surface area contributed by atoms with Gasteiger partial charge in [-0.15, -0.1) is 71.8 Å². The zero-order valence-corrected chi connectivity index (χ0v) is 38.1. The molecule has 4 heteroatoms. The van der Waals surface area contributed by atoms with Crippen molar-refractivity contribution in [1.82, 2.24) is 9.97 Å². The molecule has 2 fully saturated rings. The quantitative estimate of drug-likeness (QED) is 0.120. The number of nitrogens with zero attached hydrogens (tertiary/aromatic N) is 2. The van der Waals surface area contributed by atoms with Crippen LogP contribution in [0.15, 0.2) is 91.3 Å². The van der Waals surface area contributed by atoms with Crippen LogP contribution in [0.25, 0.3) is 33.6 Å². The van der Waals surface area contributed by atoms with Gasteiger partial charge in [0.1, 0.15) is 0 Å². The number of pyridine rings is 2. The van der Waals surface area contributed by atoms with E-state index >= 15 is 0 Å². The van der Waals surface area contributed by atoms with Crippen LogP contribution < -0.4 is 5.19 Å². The third-order valence-corrected chi connectivity index (χ3v) is 13.7. The van der Waals surface area contributed by atoms with Gasteiger partial charge in [-0.1, -0.05) is 117 Å². The second-order valence-electron chi connectivity index (χ2n) is 19.3. The van der Waals surface area contributed by atoms with E-state index in [1.165, 1.54) is 59.9 Å². The molecule has 0 spiro atoms. The van der Waals surface area contributed by atoms with Gasteiger partial charge in [0.15, 0.2) is 0 Å². The van der Waals surface area contributed by atoms with Crippen LogP contribution in [0.3, 0.4) is 0 Å². The largest absolute Gasteiger partial charge is 0.305 e. The fraction of sp³-hybridized carbons (Fsp3) is 0.440. The van der Waals surface area contributed by atoms with Crippen LogP contribution in [0.5, 0.6) is 0 Å². The van der Waals surface area contributed by atoms with E-state index in [4.69, 9.17) is 9.97 Å². The Morgan fingerprint density at radius 3 is 1.76 bits per heavy atom. The smallest absolute Gasteiger partial charge is 0.0798 e. The zero-order valence-electron chi connectivity index (χ0n) is 34.7. The van der Waals surface area contributed by atoms with Crippen molar-refractivity contribution in [2.24, 2.45) is 17.8 Å². The second kappa shape index (κ2) is 16.9. The van der Waals surface area contributed by atoms with Gasteiger partial charge in [0, 0.05) is 32.5 Å². The molecule has 2 aliphatic rings. The van der Waals surface area contributed by atoms with Gasteiger partial charge in [0.25, 0.3) is 0 Å². The Hall–Kier alpha value is -3.17. The molecule has 2 saturated carbocycles. The zero-order chi connectivity index (χ0) is 38.1. The molecule has 0 saturated heterocycles. The molecule has 1 radical (unpaired) electrons. The molecule has 0 aliphatic heterocycles. The molecule has 3 unspecified atom stereocenters. The summed E-state index contributed by atoms with van der Waals surface area (Å²) < 4.78 is 0. The maximum atomic E-state index is 4.80. The number of hydrogen-bond acceptors (Lipinski definition) is 2. The van der Waals surface area contributed by atoms with Crippen LogP contribution in [0.2, 0.25) is 19.6 Å². The summed E-state index contributed by atoms with van der Waals surface area (Å²) in [6.45, 7) is 25.6. The van der Waals surface area contributed by atoms with E-state index in [0.717, 1.165) is 40.3 Å². The maximum absolute atomic E-state index is 4.80. The van der Waals surface area contributed by atoms with Crippen molar-refractivity contribution in [3.8, 4) is 33.6 Å². The Morgan fingerprint density at radius 2 is 1.30 bits per heavy atom. The van der Waals surface area contributed by atoms with Crippen molar-refractivity contribution >= 4 is 13.3 Å². The molecular weight excluding hydrogens is 849 g/mol. The topological polar surface area (TPSA) is 25.8 Å². The standard InChI is InChI=1S/C28H34N.C22H28NSi.Ir/c1-19(2)25-18-29-26(20-12-10-9-11-13-20)17-24(25)21-14-22(27(3,4)5)16-23(15-21)28(6,7)8;1-24(2,3)22-15-23-21(17-7-5-4-6-8-17)14-20(22)13-19-12-16-9-10-18(19)11-16;/h9-12,14-19H,1-8H3;4-7,14-16,18-19H,9-13H2,1-3H3;/q2*-1;. The molecule has 0 amide bonds.